The molecule has 22 heavy (non-hydrogen) atoms. The van der Waals surface area contributed by atoms with Crippen molar-refractivity contribution in [3.63, 3.8) is 0 Å². The number of thiazole rings is 1. The third-order valence-corrected chi connectivity index (χ3v) is 4.44. The highest BCUT2D eigenvalue weighted by atomic mass is 32.1. The molecule has 2 amide bonds. The maximum Gasteiger partial charge on any atom is 0.315 e. The molecule has 126 valence electrons. The Balaban J connectivity index is 2.26. The normalized spacial score (nSPS) is 13.0. The van der Waals surface area contributed by atoms with Crippen molar-refractivity contribution in [3.05, 3.63) is 16.1 Å². The first-order valence-corrected chi connectivity index (χ1v) is 9.20. The molecule has 1 aromatic heterocycles. The molecule has 1 unspecified atom stereocenters. The van der Waals surface area contributed by atoms with Crippen LogP contribution in [0.25, 0.3) is 0 Å². The van der Waals surface area contributed by atoms with Gasteiger partial charge in [-0.3, -0.25) is 0 Å². The van der Waals surface area contributed by atoms with Gasteiger partial charge in [-0.25, -0.2) is 9.78 Å². The number of urea groups is 1. The lowest BCUT2D eigenvalue weighted by atomic mass is 9.93. The fourth-order valence-corrected chi connectivity index (χ4v) is 3.08. The van der Waals surface area contributed by atoms with E-state index >= 15 is 0 Å². The summed E-state index contributed by atoms with van der Waals surface area (Å²) < 4.78 is 0. The molecule has 2 N–H and O–H groups in total. The molecule has 1 rings (SSSR count). The first kappa shape index (κ1) is 18.9. The van der Waals surface area contributed by atoms with Crippen molar-refractivity contribution >= 4 is 17.4 Å². The van der Waals surface area contributed by atoms with Gasteiger partial charge in [0.1, 0.15) is 5.01 Å². The van der Waals surface area contributed by atoms with E-state index < -0.39 is 0 Å². The van der Waals surface area contributed by atoms with Gasteiger partial charge in [0.25, 0.3) is 0 Å². The lowest BCUT2D eigenvalue weighted by Crippen LogP contribution is -2.40. The summed E-state index contributed by atoms with van der Waals surface area (Å²) in [7, 11) is 0. The van der Waals surface area contributed by atoms with Crippen molar-refractivity contribution < 1.29 is 4.79 Å². The molecule has 5 heteroatoms. The molecule has 0 aliphatic heterocycles. The number of unbranched alkanes of at least 4 members (excludes halogenated alkanes) is 3. The average molecular weight is 326 g/mol. The van der Waals surface area contributed by atoms with Crippen molar-refractivity contribution in [2.24, 2.45) is 0 Å². The molecule has 0 saturated carbocycles. The van der Waals surface area contributed by atoms with Crippen LogP contribution in [0.15, 0.2) is 5.38 Å². The number of aromatic nitrogens is 1. The second-order valence-corrected chi connectivity index (χ2v) is 7.90. The molecule has 0 bridgehead atoms. The standard InChI is InChI=1S/C17H31N3OS/c1-6-7-8-9-10-13(2)19-16(21)18-11-15-20-14(12-22-15)17(3,4)5/h12-13H,6-11H2,1-5H3,(H2,18,19,21). The van der Waals surface area contributed by atoms with Crippen LogP contribution < -0.4 is 10.6 Å². The minimum atomic E-state index is -0.101. The highest BCUT2D eigenvalue weighted by Crippen LogP contribution is 2.23. The van der Waals surface area contributed by atoms with Crippen LogP contribution >= 0.6 is 11.3 Å². The first-order chi connectivity index (χ1) is 10.3. The Labute approximate surface area is 139 Å². The highest BCUT2D eigenvalue weighted by molar-refractivity contribution is 7.09. The predicted octanol–water partition coefficient (Wildman–Crippen LogP) is 4.60. The molecule has 1 atom stereocenters. The summed E-state index contributed by atoms with van der Waals surface area (Å²) in [6, 6.07) is 0.119. The molecule has 0 aromatic carbocycles. The Bertz CT molecular complexity index is 451. The van der Waals surface area contributed by atoms with Gasteiger partial charge in [0.2, 0.25) is 0 Å². The lowest BCUT2D eigenvalue weighted by Gasteiger charge is -2.15. The van der Waals surface area contributed by atoms with Crippen LogP contribution in [0, 0.1) is 0 Å². The molecule has 4 nitrogen and oxygen atoms in total. The van der Waals surface area contributed by atoms with Gasteiger partial charge in [-0.15, -0.1) is 11.3 Å². The van der Waals surface area contributed by atoms with E-state index in [-0.39, 0.29) is 17.5 Å². The van der Waals surface area contributed by atoms with Crippen LogP contribution in [0.3, 0.4) is 0 Å². The van der Waals surface area contributed by atoms with Crippen molar-refractivity contribution in [1.29, 1.82) is 0 Å². The summed E-state index contributed by atoms with van der Waals surface area (Å²) in [5.41, 5.74) is 1.14. The van der Waals surface area contributed by atoms with Gasteiger partial charge in [-0.1, -0.05) is 53.4 Å². The van der Waals surface area contributed by atoms with E-state index in [0.29, 0.717) is 6.54 Å². The Morgan fingerprint density at radius 3 is 2.64 bits per heavy atom. The molecule has 1 aromatic rings. The van der Waals surface area contributed by atoms with E-state index in [1.165, 1.54) is 25.7 Å². The minimum Gasteiger partial charge on any atom is -0.336 e. The Morgan fingerprint density at radius 1 is 1.32 bits per heavy atom. The summed E-state index contributed by atoms with van der Waals surface area (Å²) in [5.74, 6) is 0. The summed E-state index contributed by atoms with van der Waals surface area (Å²) in [5, 5.41) is 8.91. The average Bonchev–Trinajstić information content (AvgIpc) is 2.90. The number of carbonyl (C=O) groups is 1. The number of amides is 2. The van der Waals surface area contributed by atoms with Crippen molar-refractivity contribution in [3.8, 4) is 0 Å². The van der Waals surface area contributed by atoms with E-state index in [0.717, 1.165) is 17.1 Å². The molecule has 0 aliphatic carbocycles. The summed E-state index contributed by atoms with van der Waals surface area (Å²) >= 11 is 1.60. The number of hydrogen-bond donors (Lipinski definition) is 2. The van der Waals surface area contributed by atoms with E-state index in [1.807, 2.05) is 0 Å². The Kier molecular flexibility index (Phi) is 7.87. The zero-order chi connectivity index (χ0) is 16.6. The molecule has 0 fully saturated rings. The molecular weight excluding hydrogens is 294 g/mol. The smallest absolute Gasteiger partial charge is 0.315 e. The maximum absolute atomic E-state index is 11.9. The van der Waals surface area contributed by atoms with Crippen molar-refractivity contribution in [1.82, 2.24) is 15.6 Å². The van der Waals surface area contributed by atoms with Crippen LogP contribution in [0.5, 0.6) is 0 Å². The van der Waals surface area contributed by atoms with Crippen molar-refractivity contribution in [2.45, 2.75) is 84.7 Å². The van der Waals surface area contributed by atoms with Gasteiger partial charge in [0, 0.05) is 16.8 Å². The van der Waals surface area contributed by atoms with Gasteiger partial charge in [0.15, 0.2) is 0 Å². The number of hydrogen-bond acceptors (Lipinski definition) is 3. The van der Waals surface area contributed by atoms with Crippen LogP contribution in [0.4, 0.5) is 4.79 Å². The summed E-state index contributed by atoms with van der Waals surface area (Å²) in [4.78, 5) is 16.5. The van der Waals surface area contributed by atoms with Gasteiger partial charge in [-0.05, 0) is 13.3 Å². The van der Waals surface area contributed by atoms with Crippen LogP contribution in [0.2, 0.25) is 0 Å². The third-order valence-electron chi connectivity index (χ3n) is 3.59. The topological polar surface area (TPSA) is 54.0 Å². The largest absolute Gasteiger partial charge is 0.336 e. The summed E-state index contributed by atoms with van der Waals surface area (Å²) in [6.07, 6.45) is 5.99. The first-order valence-electron chi connectivity index (χ1n) is 8.32. The fraction of sp³-hybridized carbons (Fsp3) is 0.765. The molecule has 0 saturated heterocycles. The van der Waals surface area contributed by atoms with Crippen molar-refractivity contribution in [2.75, 3.05) is 0 Å². The summed E-state index contributed by atoms with van der Waals surface area (Å²) in [6.45, 7) is 11.2. The number of carbonyl (C=O) groups excluding carboxylic acids is 1. The minimum absolute atomic E-state index is 0.0595. The van der Waals surface area contributed by atoms with E-state index in [9.17, 15) is 4.79 Å². The van der Waals surface area contributed by atoms with E-state index in [4.69, 9.17) is 0 Å². The zero-order valence-corrected chi connectivity index (χ0v) is 15.5. The molecule has 0 radical (unpaired) electrons. The fourth-order valence-electron chi connectivity index (χ4n) is 2.12. The van der Waals surface area contributed by atoms with Gasteiger partial charge >= 0.3 is 6.03 Å². The Hall–Kier alpha value is -1.10. The third kappa shape index (κ3) is 7.25. The van der Waals surface area contributed by atoms with Crippen LogP contribution in [0.1, 0.15) is 77.4 Å². The number of nitrogens with one attached hydrogen (secondary N) is 2. The predicted molar refractivity (Wildman–Crippen MR) is 94.4 cm³/mol. The molecule has 0 spiro atoms. The van der Waals surface area contributed by atoms with E-state index in [2.05, 4.69) is 55.6 Å². The molecule has 0 aliphatic rings. The van der Waals surface area contributed by atoms with Gasteiger partial charge in [0.05, 0.1) is 12.2 Å². The van der Waals surface area contributed by atoms with Crippen LogP contribution in [-0.2, 0) is 12.0 Å². The van der Waals surface area contributed by atoms with Gasteiger partial charge in [-0.2, -0.15) is 0 Å². The maximum atomic E-state index is 11.9. The number of nitrogens with zero attached hydrogens (tertiary/aromatic N) is 1. The molecule has 1 heterocycles. The zero-order valence-electron chi connectivity index (χ0n) is 14.7. The van der Waals surface area contributed by atoms with Gasteiger partial charge < -0.3 is 10.6 Å². The second kappa shape index (κ2) is 9.13. The monoisotopic (exact) mass is 325 g/mol. The quantitative estimate of drug-likeness (QED) is 0.686. The highest BCUT2D eigenvalue weighted by Gasteiger charge is 2.17. The number of rotatable bonds is 8. The molecular formula is C17H31N3OS. The lowest BCUT2D eigenvalue weighted by molar-refractivity contribution is 0.236. The Morgan fingerprint density at radius 2 is 2.05 bits per heavy atom. The van der Waals surface area contributed by atoms with E-state index in [1.54, 1.807) is 11.3 Å². The SMILES string of the molecule is CCCCCCC(C)NC(=O)NCc1nc(C(C)(C)C)cs1. The van der Waals surface area contributed by atoms with Crippen LogP contribution in [-0.4, -0.2) is 17.1 Å². The second-order valence-electron chi connectivity index (χ2n) is 6.95.